The first-order valence-electron chi connectivity index (χ1n) is 10.2. The van der Waals surface area contributed by atoms with Crippen LogP contribution in [0.2, 0.25) is 0 Å². The van der Waals surface area contributed by atoms with E-state index in [2.05, 4.69) is 27.0 Å². The number of unbranched alkanes of at least 4 members (excludes halogenated alkanes) is 2. The van der Waals surface area contributed by atoms with E-state index in [1.165, 1.54) is 12.8 Å². The minimum Gasteiger partial charge on any atom is -0.497 e. The Hall–Kier alpha value is -2.57. The first-order valence-corrected chi connectivity index (χ1v) is 10.2. The Balaban J connectivity index is 1.36. The molecule has 7 nitrogen and oxygen atoms in total. The number of ether oxygens (including phenoxy) is 1. The fraction of sp³-hybridized carbons (Fsp3) is 0.571. The maximum Gasteiger partial charge on any atom is 0.226 e. The molecule has 28 heavy (non-hydrogen) atoms. The second kappa shape index (κ2) is 10.1. The second-order valence-electron chi connectivity index (χ2n) is 7.48. The summed E-state index contributed by atoms with van der Waals surface area (Å²) in [5, 5.41) is 4.07. The van der Waals surface area contributed by atoms with E-state index in [-0.39, 0.29) is 0 Å². The zero-order chi connectivity index (χ0) is 19.8. The molecule has 1 unspecified atom stereocenters. The first kappa shape index (κ1) is 20.2. The van der Waals surface area contributed by atoms with E-state index in [1.807, 2.05) is 24.3 Å². The van der Waals surface area contributed by atoms with Gasteiger partial charge in [0.2, 0.25) is 11.7 Å². The molecule has 1 fully saturated rings. The van der Waals surface area contributed by atoms with Gasteiger partial charge in [-0.1, -0.05) is 18.5 Å². The zero-order valence-corrected chi connectivity index (χ0v) is 16.9. The molecular weight excluding hydrogens is 354 g/mol. The molecule has 2 aromatic rings. The van der Waals surface area contributed by atoms with E-state index in [9.17, 15) is 0 Å². The van der Waals surface area contributed by atoms with E-state index in [0.29, 0.717) is 23.6 Å². The van der Waals surface area contributed by atoms with Crippen molar-refractivity contribution in [2.24, 2.45) is 16.6 Å². The number of aliphatic imine (C=N–C) groups is 1. The number of aromatic nitrogens is 2. The molecule has 1 aliphatic rings. The molecule has 1 aliphatic heterocycles. The molecule has 0 aliphatic carbocycles. The van der Waals surface area contributed by atoms with Crippen LogP contribution in [0.3, 0.4) is 0 Å². The maximum atomic E-state index is 6.13. The third-order valence-corrected chi connectivity index (χ3v) is 5.12. The number of methoxy groups -OCH3 is 1. The summed E-state index contributed by atoms with van der Waals surface area (Å²) in [5.74, 6) is 3.51. The number of nitrogens with two attached hydrogens (primary N) is 1. The number of rotatable bonds is 8. The van der Waals surface area contributed by atoms with E-state index < -0.39 is 0 Å². The normalized spacial score (nSPS) is 17.7. The van der Waals surface area contributed by atoms with Crippen molar-refractivity contribution in [1.29, 1.82) is 0 Å². The predicted molar refractivity (Wildman–Crippen MR) is 110 cm³/mol. The van der Waals surface area contributed by atoms with Crippen LogP contribution in [-0.2, 0) is 6.42 Å². The Morgan fingerprint density at radius 2 is 2.11 bits per heavy atom. The van der Waals surface area contributed by atoms with Gasteiger partial charge in [-0.3, -0.25) is 4.99 Å². The van der Waals surface area contributed by atoms with Crippen molar-refractivity contribution in [3.05, 3.63) is 30.2 Å². The first-order chi connectivity index (χ1) is 13.7. The standard InChI is InChI=1S/C21H31N5O2/c1-16-7-6-14-26(15-16)21(22)23-13-5-3-4-8-19-24-20(25-28-19)17-9-11-18(27-2)12-10-17/h9-12,16H,3-8,13-15H2,1-2H3,(H2,22,23). The fourth-order valence-corrected chi connectivity index (χ4v) is 3.47. The average Bonchev–Trinajstić information content (AvgIpc) is 3.19. The lowest BCUT2D eigenvalue weighted by Crippen LogP contribution is -2.43. The van der Waals surface area contributed by atoms with Gasteiger partial charge in [-0.2, -0.15) is 4.98 Å². The minimum absolute atomic E-state index is 0.616. The Morgan fingerprint density at radius 3 is 2.86 bits per heavy atom. The third-order valence-electron chi connectivity index (χ3n) is 5.12. The van der Waals surface area contributed by atoms with Gasteiger partial charge < -0.3 is 19.9 Å². The van der Waals surface area contributed by atoms with Gasteiger partial charge >= 0.3 is 0 Å². The van der Waals surface area contributed by atoms with Crippen LogP contribution < -0.4 is 10.5 Å². The van der Waals surface area contributed by atoms with Gasteiger partial charge in [-0.25, -0.2) is 0 Å². The molecule has 0 amide bonds. The van der Waals surface area contributed by atoms with E-state index in [1.54, 1.807) is 7.11 Å². The van der Waals surface area contributed by atoms with Crippen molar-refractivity contribution in [3.8, 4) is 17.1 Å². The molecule has 1 aromatic heterocycles. The highest BCUT2D eigenvalue weighted by molar-refractivity contribution is 5.78. The van der Waals surface area contributed by atoms with Crippen LogP contribution >= 0.6 is 0 Å². The predicted octanol–water partition coefficient (Wildman–Crippen LogP) is 3.50. The lowest BCUT2D eigenvalue weighted by atomic mass is 10.0. The number of guanidine groups is 1. The molecule has 0 saturated carbocycles. The van der Waals surface area contributed by atoms with Gasteiger partial charge in [-0.15, -0.1) is 0 Å². The van der Waals surface area contributed by atoms with Gasteiger partial charge in [0.15, 0.2) is 5.96 Å². The van der Waals surface area contributed by atoms with Crippen LogP contribution in [0.15, 0.2) is 33.8 Å². The fourth-order valence-electron chi connectivity index (χ4n) is 3.47. The lowest BCUT2D eigenvalue weighted by molar-refractivity contribution is 0.270. The molecule has 7 heteroatoms. The van der Waals surface area contributed by atoms with Gasteiger partial charge in [0.05, 0.1) is 7.11 Å². The number of likely N-dealkylation sites (tertiary alicyclic amines) is 1. The molecular formula is C21H31N5O2. The van der Waals surface area contributed by atoms with Crippen LogP contribution in [0.1, 0.15) is 44.9 Å². The van der Waals surface area contributed by atoms with Crippen LogP contribution in [-0.4, -0.2) is 47.7 Å². The van der Waals surface area contributed by atoms with Gasteiger partial charge in [-0.05, 0) is 55.9 Å². The van der Waals surface area contributed by atoms with Gasteiger partial charge in [0, 0.05) is 31.6 Å². The van der Waals surface area contributed by atoms with E-state index in [4.69, 9.17) is 15.0 Å². The Morgan fingerprint density at radius 1 is 1.29 bits per heavy atom. The number of benzene rings is 1. The number of piperidine rings is 1. The van der Waals surface area contributed by atoms with Crippen molar-refractivity contribution >= 4 is 5.96 Å². The molecule has 3 rings (SSSR count). The van der Waals surface area contributed by atoms with E-state index >= 15 is 0 Å². The molecule has 0 spiro atoms. The number of aryl methyl sites for hydroxylation is 1. The molecule has 1 atom stereocenters. The highest BCUT2D eigenvalue weighted by Gasteiger charge is 2.17. The molecule has 1 saturated heterocycles. The number of hydrogen-bond acceptors (Lipinski definition) is 5. The van der Waals surface area contributed by atoms with Crippen molar-refractivity contribution in [1.82, 2.24) is 15.0 Å². The minimum atomic E-state index is 0.616. The van der Waals surface area contributed by atoms with Crippen molar-refractivity contribution < 1.29 is 9.26 Å². The lowest BCUT2D eigenvalue weighted by Gasteiger charge is -2.31. The third kappa shape index (κ3) is 5.71. The van der Waals surface area contributed by atoms with Crippen molar-refractivity contribution in [3.63, 3.8) is 0 Å². The number of hydrogen-bond donors (Lipinski definition) is 1. The summed E-state index contributed by atoms with van der Waals surface area (Å²) in [6.45, 7) is 5.12. The Bertz CT molecular complexity index is 756. The quantitative estimate of drug-likeness (QED) is 0.425. The molecule has 2 heterocycles. The topological polar surface area (TPSA) is 89.8 Å². The smallest absolute Gasteiger partial charge is 0.226 e. The monoisotopic (exact) mass is 385 g/mol. The SMILES string of the molecule is COc1ccc(-c2noc(CCCCCN=C(N)N3CCCC(C)C3)n2)cc1. The van der Waals surface area contributed by atoms with E-state index in [0.717, 1.165) is 56.6 Å². The van der Waals surface area contributed by atoms with Crippen molar-refractivity contribution in [2.45, 2.75) is 45.4 Å². The van der Waals surface area contributed by atoms with Gasteiger partial charge in [0.25, 0.3) is 0 Å². The summed E-state index contributed by atoms with van der Waals surface area (Å²) in [6, 6.07) is 7.64. The average molecular weight is 386 g/mol. The highest BCUT2D eigenvalue weighted by atomic mass is 16.5. The van der Waals surface area contributed by atoms with Crippen molar-refractivity contribution in [2.75, 3.05) is 26.7 Å². The molecule has 0 radical (unpaired) electrons. The zero-order valence-electron chi connectivity index (χ0n) is 16.9. The summed E-state index contributed by atoms with van der Waals surface area (Å²) in [6.07, 6.45) is 6.36. The molecule has 1 aromatic carbocycles. The summed E-state index contributed by atoms with van der Waals surface area (Å²) in [4.78, 5) is 11.2. The van der Waals surface area contributed by atoms with Crippen LogP contribution in [0.4, 0.5) is 0 Å². The van der Waals surface area contributed by atoms with Crippen LogP contribution in [0.5, 0.6) is 5.75 Å². The molecule has 152 valence electrons. The highest BCUT2D eigenvalue weighted by Crippen LogP contribution is 2.20. The largest absolute Gasteiger partial charge is 0.497 e. The maximum absolute atomic E-state index is 6.13. The summed E-state index contributed by atoms with van der Waals surface area (Å²) in [5.41, 5.74) is 7.05. The molecule has 2 N–H and O–H groups in total. The Kier molecular flexibility index (Phi) is 7.28. The van der Waals surface area contributed by atoms with Gasteiger partial charge in [0.1, 0.15) is 5.75 Å². The summed E-state index contributed by atoms with van der Waals surface area (Å²) >= 11 is 0. The van der Waals surface area contributed by atoms with Crippen LogP contribution in [0.25, 0.3) is 11.4 Å². The Labute approximate surface area is 167 Å². The second-order valence-corrected chi connectivity index (χ2v) is 7.48. The van der Waals surface area contributed by atoms with Crippen LogP contribution in [0, 0.1) is 5.92 Å². The summed E-state index contributed by atoms with van der Waals surface area (Å²) < 4.78 is 10.5. The summed E-state index contributed by atoms with van der Waals surface area (Å²) in [7, 11) is 1.65. The number of nitrogens with zero attached hydrogens (tertiary/aromatic N) is 4. The molecule has 0 bridgehead atoms.